The van der Waals surface area contributed by atoms with Crippen molar-refractivity contribution in [3.05, 3.63) is 29.6 Å². The molecule has 2 N–H and O–H groups in total. The van der Waals surface area contributed by atoms with Gasteiger partial charge in [-0.15, -0.1) is 0 Å². The smallest absolute Gasteiger partial charge is 0.338 e. The summed E-state index contributed by atoms with van der Waals surface area (Å²) >= 11 is 0. The first-order chi connectivity index (χ1) is 9.11. The molecule has 1 aromatic rings. The van der Waals surface area contributed by atoms with E-state index >= 15 is 0 Å². The molecule has 1 aliphatic rings. The standard InChI is InChI=1S/C15H20FNO3/c1-14(2)8-12(15(3,4)20-14)19-13(18)9-5-6-10(16)11(17)7-9/h5-7,12H,8,17H2,1-4H3. The summed E-state index contributed by atoms with van der Waals surface area (Å²) in [6.45, 7) is 7.69. The minimum atomic E-state index is -0.551. The van der Waals surface area contributed by atoms with E-state index in [4.69, 9.17) is 15.2 Å². The molecule has 0 saturated carbocycles. The number of rotatable bonds is 2. The average molecular weight is 281 g/mol. The molecule has 20 heavy (non-hydrogen) atoms. The third kappa shape index (κ3) is 2.93. The zero-order chi connectivity index (χ0) is 15.1. The SMILES string of the molecule is CC1(C)CC(OC(=O)c2ccc(F)c(N)c2)C(C)(C)O1. The minimum absolute atomic E-state index is 0.0679. The highest BCUT2D eigenvalue weighted by molar-refractivity contribution is 5.90. The number of hydrogen-bond acceptors (Lipinski definition) is 4. The Labute approximate surface area is 118 Å². The second-order valence-electron chi connectivity index (χ2n) is 6.30. The number of nitrogen functional groups attached to an aromatic ring is 1. The van der Waals surface area contributed by atoms with Crippen LogP contribution >= 0.6 is 0 Å². The molecule has 1 aliphatic heterocycles. The van der Waals surface area contributed by atoms with Gasteiger partial charge in [0.25, 0.3) is 0 Å². The van der Waals surface area contributed by atoms with Crippen LogP contribution in [0, 0.1) is 5.82 Å². The van der Waals surface area contributed by atoms with Crippen LogP contribution < -0.4 is 5.73 Å². The summed E-state index contributed by atoms with van der Waals surface area (Å²) in [5.74, 6) is -1.07. The highest BCUT2D eigenvalue weighted by Crippen LogP contribution is 2.39. The highest BCUT2D eigenvalue weighted by atomic mass is 19.1. The van der Waals surface area contributed by atoms with Crippen molar-refractivity contribution in [1.29, 1.82) is 0 Å². The van der Waals surface area contributed by atoms with Gasteiger partial charge in [0, 0.05) is 6.42 Å². The van der Waals surface area contributed by atoms with Crippen molar-refractivity contribution >= 4 is 11.7 Å². The maximum Gasteiger partial charge on any atom is 0.338 e. The summed E-state index contributed by atoms with van der Waals surface area (Å²) in [5, 5.41) is 0. The van der Waals surface area contributed by atoms with E-state index in [1.54, 1.807) is 0 Å². The predicted octanol–water partition coefficient (Wildman–Crippen LogP) is 2.91. The number of halogens is 1. The van der Waals surface area contributed by atoms with E-state index in [2.05, 4.69) is 0 Å². The molecular weight excluding hydrogens is 261 g/mol. The van der Waals surface area contributed by atoms with Gasteiger partial charge in [0.1, 0.15) is 17.5 Å². The van der Waals surface area contributed by atoms with Gasteiger partial charge < -0.3 is 15.2 Å². The second kappa shape index (κ2) is 4.74. The Hall–Kier alpha value is -1.62. The van der Waals surface area contributed by atoms with E-state index in [1.165, 1.54) is 12.1 Å². The lowest BCUT2D eigenvalue weighted by atomic mass is 9.97. The fraction of sp³-hybridized carbons (Fsp3) is 0.533. The summed E-state index contributed by atoms with van der Waals surface area (Å²) in [6.07, 6.45) is 0.263. The second-order valence-corrected chi connectivity index (χ2v) is 6.30. The van der Waals surface area contributed by atoms with E-state index in [0.717, 1.165) is 6.07 Å². The lowest BCUT2D eigenvalue weighted by Gasteiger charge is -2.26. The molecule has 4 nitrogen and oxygen atoms in total. The van der Waals surface area contributed by atoms with Gasteiger partial charge >= 0.3 is 5.97 Å². The summed E-state index contributed by atoms with van der Waals surface area (Å²) in [6, 6.07) is 3.81. The number of nitrogens with two attached hydrogens (primary N) is 1. The summed E-state index contributed by atoms with van der Waals surface area (Å²) < 4.78 is 24.5. The molecule has 0 spiro atoms. The van der Waals surface area contributed by atoms with Crippen LogP contribution in [0.25, 0.3) is 0 Å². The van der Waals surface area contributed by atoms with Crippen molar-refractivity contribution in [2.75, 3.05) is 5.73 Å². The summed E-state index contributed by atoms with van der Waals surface area (Å²) in [5.41, 5.74) is 4.74. The normalized spacial score (nSPS) is 23.6. The lowest BCUT2D eigenvalue weighted by Crippen LogP contribution is -2.36. The quantitative estimate of drug-likeness (QED) is 0.669. The maximum atomic E-state index is 13.1. The van der Waals surface area contributed by atoms with Crippen molar-refractivity contribution in [3.63, 3.8) is 0 Å². The van der Waals surface area contributed by atoms with Crippen LogP contribution in [-0.2, 0) is 9.47 Å². The van der Waals surface area contributed by atoms with Crippen molar-refractivity contribution < 1.29 is 18.7 Å². The van der Waals surface area contributed by atoms with Gasteiger partial charge in [-0.1, -0.05) is 0 Å². The molecule has 5 heteroatoms. The molecular formula is C15H20FNO3. The maximum absolute atomic E-state index is 13.1. The molecule has 2 rings (SSSR count). The minimum Gasteiger partial charge on any atom is -0.456 e. The number of anilines is 1. The van der Waals surface area contributed by atoms with E-state index in [-0.39, 0.29) is 23.0 Å². The molecule has 0 amide bonds. The van der Waals surface area contributed by atoms with E-state index in [1.807, 2.05) is 27.7 Å². The third-order valence-electron chi connectivity index (χ3n) is 3.47. The molecule has 0 aliphatic carbocycles. The molecule has 1 fully saturated rings. The number of carbonyl (C=O) groups is 1. The number of ether oxygens (including phenoxy) is 2. The zero-order valence-corrected chi connectivity index (χ0v) is 12.2. The molecule has 0 aromatic heterocycles. The van der Waals surface area contributed by atoms with Crippen molar-refractivity contribution in [2.45, 2.75) is 51.4 Å². The Balaban J connectivity index is 2.14. The predicted molar refractivity (Wildman–Crippen MR) is 73.9 cm³/mol. The van der Waals surface area contributed by atoms with Crippen LogP contribution in [0.3, 0.4) is 0 Å². The molecule has 0 bridgehead atoms. The molecule has 1 heterocycles. The topological polar surface area (TPSA) is 61.5 Å². The number of esters is 1. The summed E-state index contributed by atoms with van der Waals surface area (Å²) in [7, 11) is 0. The van der Waals surface area contributed by atoms with Gasteiger partial charge in [-0.2, -0.15) is 0 Å². The molecule has 1 saturated heterocycles. The van der Waals surface area contributed by atoms with Gasteiger partial charge in [-0.25, -0.2) is 9.18 Å². The highest BCUT2D eigenvalue weighted by Gasteiger charge is 2.48. The van der Waals surface area contributed by atoms with Crippen molar-refractivity contribution in [1.82, 2.24) is 0 Å². The van der Waals surface area contributed by atoms with Gasteiger partial charge in [0.15, 0.2) is 0 Å². The van der Waals surface area contributed by atoms with Crippen LogP contribution in [0.5, 0.6) is 0 Å². The van der Waals surface area contributed by atoms with Gasteiger partial charge in [0.05, 0.1) is 16.9 Å². The Bertz CT molecular complexity index is 540. The van der Waals surface area contributed by atoms with Crippen LogP contribution in [0.4, 0.5) is 10.1 Å². The molecule has 1 aromatic carbocycles. The zero-order valence-electron chi connectivity index (χ0n) is 12.2. The van der Waals surface area contributed by atoms with E-state index in [0.29, 0.717) is 6.42 Å². The number of benzene rings is 1. The average Bonchev–Trinajstić information content (AvgIpc) is 2.50. The molecule has 1 unspecified atom stereocenters. The Morgan fingerprint density at radius 1 is 1.40 bits per heavy atom. The van der Waals surface area contributed by atoms with Crippen LogP contribution in [0.15, 0.2) is 18.2 Å². The van der Waals surface area contributed by atoms with Crippen LogP contribution in [-0.4, -0.2) is 23.3 Å². The van der Waals surface area contributed by atoms with Gasteiger partial charge in [-0.05, 0) is 45.9 Å². The third-order valence-corrected chi connectivity index (χ3v) is 3.47. The van der Waals surface area contributed by atoms with Crippen molar-refractivity contribution in [2.24, 2.45) is 0 Å². The molecule has 110 valence electrons. The van der Waals surface area contributed by atoms with E-state index < -0.39 is 17.4 Å². The first-order valence-corrected chi connectivity index (χ1v) is 6.57. The van der Waals surface area contributed by atoms with E-state index in [9.17, 15) is 9.18 Å². The fourth-order valence-corrected chi connectivity index (χ4v) is 2.56. The largest absolute Gasteiger partial charge is 0.456 e. The Kier molecular flexibility index (Phi) is 3.50. The Morgan fingerprint density at radius 2 is 2.05 bits per heavy atom. The number of hydrogen-bond donors (Lipinski definition) is 1. The van der Waals surface area contributed by atoms with Crippen LogP contribution in [0.1, 0.15) is 44.5 Å². The first-order valence-electron chi connectivity index (χ1n) is 6.57. The first kappa shape index (κ1) is 14.8. The fourth-order valence-electron chi connectivity index (χ4n) is 2.56. The van der Waals surface area contributed by atoms with Crippen molar-refractivity contribution in [3.8, 4) is 0 Å². The van der Waals surface area contributed by atoms with Gasteiger partial charge in [0.2, 0.25) is 0 Å². The molecule has 0 radical (unpaired) electrons. The van der Waals surface area contributed by atoms with Gasteiger partial charge in [-0.3, -0.25) is 0 Å². The molecule has 1 atom stereocenters. The number of carbonyl (C=O) groups excluding carboxylic acids is 1. The summed E-state index contributed by atoms with van der Waals surface area (Å²) in [4.78, 5) is 12.1. The lowest BCUT2D eigenvalue weighted by molar-refractivity contribution is -0.0924. The van der Waals surface area contributed by atoms with Crippen LogP contribution in [0.2, 0.25) is 0 Å². The monoisotopic (exact) mass is 281 g/mol. The Morgan fingerprint density at radius 3 is 2.55 bits per heavy atom.